The fourth-order valence-electron chi connectivity index (χ4n) is 2.89. The van der Waals surface area contributed by atoms with Crippen LogP contribution < -0.4 is 10.2 Å². The molecule has 0 saturated heterocycles. The Kier molecular flexibility index (Phi) is 5.50. The maximum absolute atomic E-state index is 13.2. The topological polar surface area (TPSA) is 33.5 Å². The molecule has 1 atom stereocenters. The van der Waals surface area contributed by atoms with Crippen LogP contribution in [0.1, 0.15) is 22.3 Å². The summed E-state index contributed by atoms with van der Waals surface area (Å²) in [5.41, 5.74) is 5.10. The molecule has 122 valence electrons. The van der Waals surface area contributed by atoms with Crippen LogP contribution in [0.15, 0.2) is 36.4 Å². The fraction of sp³-hybridized carbons (Fsp3) is 0.316. The van der Waals surface area contributed by atoms with Crippen LogP contribution in [0.4, 0.5) is 10.1 Å². The molecule has 1 amide bonds. The SMILES string of the molecule is Cc1cc(C)c(NC(=O)C[NH+](C)Cc2cccc(F)c2)c(C)c1. The van der Waals surface area contributed by atoms with Crippen LogP contribution in [-0.2, 0) is 11.3 Å². The van der Waals surface area contributed by atoms with Gasteiger partial charge in [-0.25, -0.2) is 4.39 Å². The molecule has 4 heteroatoms. The monoisotopic (exact) mass is 315 g/mol. The van der Waals surface area contributed by atoms with Gasteiger partial charge in [-0.1, -0.05) is 29.8 Å². The summed E-state index contributed by atoms with van der Waals surface area (Å²) >= 11 is 0. The molecule has 0 saturated carbocycles. The van der Waals surface area contributed by atoms with E-state index in [4.69, 9.17) is 0 Å². The third-order valence-corrected chi connectivity index (χ3v) is 3.80. The minimum atomic E-state index is -0.245. The predicted octanol–water partition coefficient (Wildman–Crippen LogP) is 2.40. The standard InChI is InChI=1S/C19H23FN2O/c1-13-8-14(2)19(15(3)9-13)21-18(23)12-22(4)11-16-6-5-7-17(20)10-16/h5-10H,11-12H2,1-4H3,(H,21,23)/p+1. The molecule has 23 heavy (non-hydrogen) atoms. The largest absolute Gasteiger partial charge is 0.326 e. The Morgan fingerprint density at radius 1 is 1.13 bits per heavy atom. The number of halogens is 1. The van der Waals surface area contributed by atoms with E-state index in [1.54, 1.807) is 6.07 Å². The van der Waals surface area contributed by atoms with Crippen molar-refractivity contribution in [2.24, 2.45) is 0 Å². The number of carbonyl (C=O) groups excluding carboxylic acids is 1. The lowest BCUT2D eigenvalue weighted by Crippen LogP contribution is -3.08. The van der Waals surface area contributed by atoms with Gasteiger partial charge in [0.2, 0.25) is 0 Å². The number of aryl methyl sites for hydroxylation is 3. The maximum atomic E-state index is 13.2. The van der Waals surface area contributed by atoms with E-state index in [0.717, 1.165) is 27.3 Å². The number of anilines is 1. The van der Waals surface area contributed by atoms with E-state index < -0.39 is 0 Å². The quantitative estimate of drug-likeness (QED) is 0.873. The Bertz CT molecular complexity index is 689. The Labute approximate surface area is 137 Å². The van der Waals surface area contributed by atoms with Crippen molar-refractivity contribution in [1.29, 1.82) is 0 Å². The van der Waals surface area contributed by atoms with Gasteiger partial charge in [0.05, 0.1) is 7.05 Å². The molecule has 2 aromatic carbocycles. The van der Waals surface area contributed by atoms with Gasteiger partial charge in [-0.15, -0.1) is 0 Å². The van der Waals surface area contributed by atoms with Crippen LogP contribution in [0.2, 0.25) is 0 Å². The number of rotatable bonds is 5. The highest BCUT2D eigenvalue weighted by atomic mass is 19.1. The molecule has 0 spiro atoms. The molecule has 0 fully saturated rings. The van der Waals surface area contributed by atoms with Crippen molar-refractivity contribution in [1.82, 2.24) is 0 Å². The maximum Gasteiger partial charge on any atom is 0.279 e. The fourth-order valence-corrected chi connectivity index (χ4v) is 2.89. The molecule has 0 bridgehead atoms. The van der Waals surface area contributed by atoms with Crippen LogP contribution in [0.3, 0.4) is 0 Å². The molecule has 2 N–H and O–H groups in total. The first kappa shape index (κ1) is 17.2. The molecule has 0 aliphatic heterocycles. The van der Waals surface area contributed by atoms with Gasteiger partial charge in [-0.05, 0) is 44.0 Å². The lowest BCUT2D eigenvalue weighted by Gasteiger charge is -2.16. The lowest BCUT2D eigenvalue weighted by atomic mass is 10.1. The number of carbonyl (C=O) groups is 1. The minimum Gasteiger partial charge on any atom is -0.326 e. The molecule has 1 unspecified atom stereocenters. The highest BCUT2D eigenvalue weighted by Gasteiger charge is 2.13. The Morgan fingerprint density at radius 2 is 1.78 bits per heavy atom. The van der Waals surface area contributed by atoms with Gasteiger partial charge in [0.1, 0.15) is 12.4 Å². The Hall–Kier alpha value is -2.20. The zero-order valence-corrected chi connectivity index (χ0v) is 14.2. The van der Waals surface area contributed by atoms with Crippen molar-refractivity contribution < 1.29 is 14.1 Å². The van der Waals surface area contributed by atoms with Gasteiger partial charge in [-0.2, -0.15) is 0 Å². The first-order valence-electron chi connectivity index (χ1n) is 7.78. The van der Waals surface area contributed by atoms with Crippen molar-refractivity contribution in [3.8, 4) is 0 Å². The number of nitrogens with one attached hydrogen (secondary N) is 2. The molecule has 0 aliphatic rings. The molecule has 0 aliphatic carbocycles. The molecule has 3 nitrogen and oxygen atoms in total. The molecule has 0 heterocycles. The second-order valence-corrected chi connectivity index (χ2v) is 6.26. The van der Waals surface area contributed by atoms with E-state index >= 15 is 0 Å². The number of hydrogen-bond acceptors (Lipinski definition) is 1. The summed E-state index contributed by atoms with van der Waals surface area (Å²) in [7, 11) is 1.93. The third kappa shape index (κ3) is 4.89. The van der Waals surface area contributed by atoms with Crippen LogP contribution in [0.5, 0.6) is 0 Å². The summed E-state index contributed by atoms with van der Waals surface area (Å²) in [6.07, 6.45) is 0. The van der Waals surface area contributed by atoms with Crippen LogP contribution in [0, 0.1) is 26.6 Å². The summed E-state index contributed by atoms with van der Waals surface area (Å²) in [5.74, 6) is -0.278. The zero-order valence-electron chi connectivity index (χ0n) is 14.2. The van der Waals surface area contributed by atoms with Gasteiger partial charge in [-0.3, -0.25) is 4.79 Å². The zero-order chi connectivity index (χ0) is 17.0. The Balaban J connectivity index is 1.97. The average Bonchev–Trinajstić information content (AvgIpc) is 2.42. The summed E-state index contributed by atoms with van der Waals surface area (Å²) in [6.45, 7) is 6.99. The summed E-state index contributed by atoms with van der Waals surface area (Å²) in [4.78, 5) is 13.3. The molecule has 0 aromatic heterocycles. The van der Waals surface area contributed by atoms with Gasteiger partial charge in [0.15, 0.2) is 6.54 Å². The smallest absolute Gasteiger partial charge is 0.279 e. The number of likely N-dealkylation sites (N-methyl/N-ethyl adjacent to an activating group) is 1. The van der Waals surface area contributed by atoms with E-state index in [2.05, 4.69) is 17.4 Å². The van der Waals surface area contributed by atoms with Gasteiger partial charge in [0, 0.05) is 11.3 Å². The molecular formula is C19H24FN2O+. The van der Waals surface area contributed by atoms with Gasteiger partial charge < -0.3 is 10.2 Å². The number of amides is 1. The van der Waals surface area contributed by atoms with Crippen molar-refractivity contribution in [3.63, 3.8) is 0 Å². The van der Waals surface area contributed by atoms with Crippen molar-refractivity contribution in [2.75, 3.05) is 18.9 Å². The normalized spacial score (nSPS) is 12.0. The number of benzene rings is 2. The van der Waals surface area contributed by atoms with E-state index in [9.17, 15) is 9.18 Å². The summed E-state index contributed by atoms with van der Waals surface area (Å²) in [5, 5.41) is 3.00. The third-order valence-electron chi connectivity index (χ3n) is 3.80. The van der Waals surface area contributed by atoms with Gasteiger partial charge in [0.25, 0.3) is 5.91 Å². The van der Waals surface area contributed by atoms with E-state index in [1.165, 1.54) is 17.7 Å². The first-order valence-corrected chi connectivity index (χ1v) is 7.78. The second-order valence-electron chi connectivity index (χ2n) is 6.26. The van der Waals surface area contributed by atoms with E-state index in [-0.39, 0.29) is 11.7 Å². The first-order chi connectivity index (χ1) is 10.8. The minimum absolute atomic E-state index is 0.0334. The summed E-state index contributed by atoms with van der Waals surface area (Å²) in [6, 6.07) is 10.6. The average molecular weight is 315 g/mol. The molecular weight excluding hydrogens is 291 g/mol. The number of quaternary nitrogens is 1. The predicted molar refractivity (Wildman–Crippen MR) is 91.1 cm³/mol. The van der Waals surface area contributed by atoms with Crippen molar-refractivity contribution in [2.45, 2.75) is 27.3 Å². The highest BCUT2D eigenvalue weighted by molar-refractivity contribution is 5.93. The molecule has 2 aromatic rings. The van der Waals surface area contributed by atoms with Crippen LogP contribution in [0.25, 0.3) is 0 Å². The van der Waals surface area contributed by atoms with Crippen LogP contribution in [-0.4, -0.2) is 19.5 Å². The lowest BCUT2D eigenvalue weighted by molar-refractivity contribution is -0.885. The van der Waals surface area contributed by atoms with E-state index in [1.807, 2.05) is 33.9 Å². The second kappa shape index (κ2) is 7.38. The summed E-state index contributed by atoms with van der Waals surface area (Å²) < 4.78 is 13.2. The van der Waals surface area contributed by atoms with Crippen molar-refractivity contribution in [3.05, 3.63) is 64.5 Å². The Morgan fingerprint density at radius 3 is 2.39 bits per heavy atom. The van der Waals surface area contributed by atoms with Crippen LogP contribution >= 0.6 is 0 Å². The van der Waals surface area contributed by atoms with Crippen molar-refractivity contribution >= 4 is 11.6 Å². The van der Waals surface area contributed by atoms with Gasteiger partial charge >= 0.3 is 0 Å². The number of hydrogen-bond donors (Lipinski definition) is 2. The van der Waals surface area contributed by atoms with E-state index in [0.29, 0.717) is 13.1 Å². The molecule has 2 rings (SSSR count). The molecule has 0 radical (unpaired) electrons. The highest BCUT2D eigenvalue weighted by Crippen LogP contribution is 2.21.